The minimum atomic E-state index is 0.818. The Morgan fingerprint density at radius 2 is 1.64 bits per heavy atom. The predicted octanol–water partition coefficient (Wildman–Crippen LogP) is 4.07. The topological polar surface area (TPSA) is 0 Å². The second-order valence-electron chi connectivity index (χ2n) is 4.56. The van der Waals surface area contributed by atoms with Crippen LogP contribution >= 0.6 is 0 Å². The first-order valence-corrected chi connectivity index (χ1v) is 5.74. The Hall–Kier alpha value is -0.780. The van der Waals surface area contributed by atoms with Crippen molar-refractivity contribution in [3.63, 3.8) is 0 Å². The molecule has 0 atom stereocenters. The van der Waals surface area contributed by atoms with Crippen molar-refractivity contribution in [3.05, 3.63) is 42.4 Å². The summed E-state index contributed by atoms with van der Waals surface area (Å²) in [4.78, 5) is 0. The van der Waals surface area contributed by atoms with Crippen molar-refractivity contribution in [2.75, 3.05) is 0 Å². The Morgan fingerprint density at radius 1 is 0.929 bits per heavy atom. The van der Waals surface area contributed by atoms with Crippen LogP contribution in [0.25, 0.3) is 0 Å². The Kier molecular flexibility index (Phi) is 3.23. The molecule has 0 amide bonds. The summed E-state index contributed by atoms with van der Waals surface area (Å²) in [5.41, 5.74) is 1.53. The molecule has 0 aliphatic heterocycles. The van der Waals surface area contributed by atoms with Crippen molar-refractivity contribution < 1.29 is 0 Å². The SMILES string of the molecule is CC1CCC(C2=CC=CC=C[CH]2)CC1. The van der Waals surface area contributed by atoms with E-state index in [-0.39, 0.29) is 0 Å². The fourth-order valence-corrected chi connectivity index (χ4v) is 2.38. The summed E-state index contributed by atoms with van der Waals surface area (Å²) in [6, 6.07) is 0. The molecule has 0 bridgehead atoms. The Bertz CT molecular complexity index is 260. The van der Waals surface area contributed by atoms with Gasteiger partial charge in [0.1, 0.15) is 0 Å². The van der Waals surface area contributed by atoms with E-state index in [1.807, 2.05) is 0 Å². The minimum absolute atomic E-state index is 0.818. The van der Waals surface area contributed by atoms with E-state index < -0.39 is 0 Å². The van der Waals surface area contributed by atoms with Crippen LogP contribution in [-0.2, 0) is 0 Å². The van der Waals surface area contributed by atoms with E-state index in [4.69, 9.17) is 0 Å². The summed E-state index contributed by atoms with van der Waals surface area (Å²) in [7, 11) is 0. The van der Waals surface area contributed by atoms with Crippen LogP contribution in [0.5, 0.6) is 0 Å². The molecule has 1 saturated carbocycles. The highest BCUT2D eigenvalue weighted by atomic mass is 14.3. The largest absolute Gasteiger partial charge is 0.0764 e. The van der Waals surface area contributed by atoms with Gasteiger partial charge in [0.2, 0.25) is 0 Å². The van der Waals surface area contributed by atoms with E-state index in [2.05, 4.69) is 43.7 Å². The molecule has 2 aliphatic rings. The van der Waals surface area contributed by atoms with Crippen molar-refractivity contribution >= 4 is 0 Å². The van der Waals surface area contributed by atoms with E-state index in [1.54, 1.807) is 0 Å². The van der Waals surface area contributed by atoms with Gasteiger partial charge in [-0.05, 0) is 24.7 Å². The van der Waals surface area contributed by atoms with Crippen LogP contribution < -0.4 is 0 Å². The van der Waals surface area contributed by atoms with Gasteiger partial charge in [-0.15, -0.1) is 0 Å². The molecule has 0 heterocycles. The van der Waals surface area contributed by atoms with E-state index in [0.717, 1.165) is 11.8 Å². The number of hydrogen-bond donors (Lipinski definition) is 0. The van der Waals surface area contributed by atoms with Crippen molar-refractivity contribution in [3.8, 4) is 0 Å². The monoisotopic (exact) mass is 187 g/mol. The summed E-state index contributed by atoms with van der Waals surface area (Å²) >= 11 is 0. The Labute approximate surface area is 87.4 Å². The number of rotatable bonds is 1. The van der Waals surface area contributed by atoms with Crippen molar-refractivity contribution in [1.82, 2.24) is 0 Å². The molecule has 0 aromatic heterocycles. The molecule has 0 heteroatoms. The van der Waals surface area contributed by atoms with Crippen LogP contribution in [-0.4, -0.2) is 0 Å². The molecule has 1 radical (unpaired) electrons. The van der Waals surface area contributed by atoms with E-state index in [9.17, 15) is 0 Å². The lowest BCUT2D eigenvalue weighted by Crippen LogP contribution is -2.14. The summed E-state index contributed by atoms with van der Waals surface area (Å²) in [5, 5.41) is 0. The van der Waals surface area contributed by atoms with Crippen LogP contribution in [0.2, 0.25) is 0 Å². The maximum atomic E-state index is 2.38. The smallest absolute Gasteiger partial charge is 0.00863 e. The zero-order valence-corrected chi connectivity index (χ0v) is 8.95. The van der Waals surface area contributed by atoms with Gasteiger partial charge in [-0.25, -0.2) is 0 Å². The third-order valence-electron chi connectivity index (χ3n) is 3.40. The molecule has 0 aromatic rings. The average Bonchev–Trinajstić information content (AvgIpc) is 2.47. The summed E-state index contributed by atoms with van der Waals surface area (Å²) in [6.07, 6.45) is 18.7. The highest BCUT2D eigenvalue weighted by molar-refractivity contribution is 5.33. The number of allylic oxidation sites excluding steroid dienone is 6. The maximum Gasteiger partial charge on any atom is 0.00863 e. The quantitative estimate of drug-likeness (QED) is 0.580. The third-order valence-corrected chi connectivity index (χ3v) is 3.40. The van der Waals surface area contributed by atoms with Crippen LogP contribution in [0.3, 0.4) is 0 Å². The fraction of sp³-hybridized carbons (Fsp3) is 0.500. The highest BCUT2D eigenvalue weighted by Gasteiger charge is 2.20. The zero-order valence-electron chi connectivity index (χ0n) is 8.95. The molecule has 0 saturated heterocycles. The van der Waals surface area contributed by atoms with Crippen LogP contribution in [0.4, 0.5) is 0 Å². The minimum Gasteiger partial charge on any atom is -0.0764 e. The van der Waals surface area contributed by atoms with Gasteiger partial charge in [-0.2, -0.15) is 0 Å². The Balaban J connectivity index is 1.98. The first-order valence-electron chi connectivity index (χ1n) is 5.74. The van der Waals surface area contributed by atoms with Gasteiger partial charge in [-0.1, -0.05) is 55.7 Å². The lowest BCUT2D eigenvalue weighted by atomic mass is 9.78. The van der Waals surface area contributed by atoms with Crippen molar-refractivity contribution in [2.24, 2.45) is 11.8 Å². The van der Waals surface area contributed by atoms with Crippen LogP contribution in [0.15, 0.2) is 36.0 Å². The van der Waals surface area contributed by atoms with Gasteiger partial charge in [0.15, 0.2) is 0 Å². The first kappa shape index (κ1) is 9.76. The molecule has 0 N–H and O–H groups in total. The van der Waals surface area contributed by atoms with Crippen LogP contribution in [0, 0.1) is 18.3 Å². The molecule has 0 aromatic carbocycles. The van der Waals surface area contributed by atoms with Gasteiger partial charge in [0.05, 0.1) is 0 Å². The third kappa shape index (κ3) is 2.37. The fourth-order valence-electron chi connectivity index (χ4n) is 2.38. The molecule has 0 nitrogen and oxygen atoms in total. The number of hydrogen-bond acceptors (Lipinski definition) is 0. The molecule has 2 rings (SSSR count). The second-order valence-corrected chi connectivity index (χ2v) is 4.56. The van der Waals surface area contributed by atoms with E-state index in [0.29, 0.717) is 0 Å². The van der Waals surface area contributed by atoms with Gasteiger partial charge in [0.25, 0.3) is 0 Å². The summed E-state index contributed by atoms with van der Waals surface area (Å²) < 4.78 is 0. The van der Waals surface area contributed by atoms with E-state index in [1.165, 1.54) is 31.3 Å². The molecule has 0 unspecified atom stereocenters. The van der Waals surface area contributed by atoms with Crippen molar-refractivity contribution in [1.29, 1.82) is 0 Å². The Morgan fingerprint density at radius 3 is 2.43 bits per heavy atom. The lowest BCUT2D eigenvalue weighted by molar-refractivity contribution is 0.322. The second kappa shape index (κ2) is 4.63. The molecular formula is C14H19. The molecule has 2 aliphatic carbocycles. The standard InChI is InChI=1S/C14H19/c1-12-8-10-14(11-9-12)13-6-4-2-3-5-7-13/h2-7,12,14H,8-11H2,1H3. The van der Waals surface area contributed by atoms with Crippen molar-refractivity contribution in [2.45, 2.75) is 32.6 Å². The lowest BCUT2D eigenvalue weighted by Gasteiger charge is -2.27. The predicted molar refractivity (Wildman–Crippen MR) is 61.8 cm³/mol. The molecule has 75 valence electrons. The van der Waals surface area contributed by atoms with Gasteiger partial charge in [-0.3, -0.25) is 0 Å². The molecular weight excluding hydrogens is 168 g/mol. The zero-order chi connectivity index (χ0) is 9.80. The average molecular weight is 187 g/mol. The normalized spacial score (nSPS) is 32.5. The maximum absolute atomic E-state index is 2.38. The van der Waals surface area contributed by atoms with Crippen LogP contribution in [0.1, 0.15) is 32.6 Å². The first-order chi connectivity index (χ1) is 6.86. The summed E-state index contributed by atoms with van der Waals surface area (Å²) in [6.45, 7) is 2.38. The molecule has 1 fully saturated rings. The van der Waals surface area contributed by atoms with Gasteiger partial charge in [0, 0.05) is 6.42 Å². The summed E-state index contributed by atoms with van der Waals surface area (Å²) in [5.74, 6) is 1.77. The van der Waals surface area contributed by atoms with Gasteiger partial charge >= 0.3 is 0 Å². The highest BCUT2D eigenvalue weighted by Crippen LogP contribution is 2.34. The molecule has 0 spiro atoms. The van der Waals surface area contributed by atoms with E-state index >= 15 is 0 Å². The van der Waals surface area contributed by atoms with Gasteiger partial charge < -0.3 is 0 Å². The molecule has 14 heavy (non-hydrogen) atoms.